The van der Waals surface area contributed by atoms with Gasteiger partial charge < -0.3 is 4.74 Å². The number of hydrogen-bond donors (Lipinski definition) is 0. The summed E-state index contributed by atoms with van der Waals surface area (Å²) in [7, 11) is -2.29. The van der Waals surface area contributed by atoms with Crippen molar-refractivity contribution in [3.63, 3.8) is 0 Å². The van der Waals surface area contributed by atoms with Crippen molar-refractivity contribution in [2.75, 3.05) is 26.7 Å². The summed E-state index contributed by atoms with van der Waals surface area (Å²) in [5, 5.41) is 0. The Morgan fingerprint density at radius 1 is 1.13 bits per heavy atom. The van der Waals surface area contributed by atoms with Crippen molar-refractivity contribution in [3.05, 3.63) is 29.8 Å². The molecule has 3 aliphatic heterocycles. The zero-order valence-corrected chi connectivity index (χ0v) is 18.9. The molecule has 1 aromatic rings. The van der Waals surface area contributed by atoms with Gasteiger partial charge in [0.25, 0.3) is 0 Å². The van der Waals surface area contributed by atoms with Gasteiger partial charge in [0.15, 0.2) is 0 Å². The topological polar surface area (TPSA) is 66.9 Å². The molecule has 30 heavy (non-hydrogen) atoms. The summed E-state index contributed by atoms with van der Waals surface area (Å²) in [5.74, 6) is 0.393. The van der Waals surface area contributed by atoms with E-state index in [9.17, 15) is 13.2 Å². The fourth-order valence-electron chi connectivity index (χ4n) is 6.02. The fourth-order valence-corrected chi connectivity index (χ4v) is 7.78. The highest BCUT2D eigenvalue weighted by Crippen LogP contribution is 2.45. The number of ether oxygens (including phenoxy) is 1. The van der Waals surface area contributed by atoms with Gasteiger partial charge in [-0.1, -0.05) is 19.8 Å². The van der Waals surface area contributed by atoms with Crippen LogP contribution in [0.4, 0.5) is 0 Å². The lowest BCUT2D eigenvalue weighted by atomic mass is 9.70. The minimum Gasteiger partial charge on any atom is -0.465 e. The molecule has 6 nitrogen and oxygen atoms in total. The van der Waals surface area contributed by atoms with Gasteiger partial charge in [-0.05, 0) is 81.3 Å². The van der Waals surface area contributed by atoms with E-state index in [1.165, 1.54) is 20.2 Å². The van der Waals surface area contributed by atoms with Crippen LogP contribution in [0, 0.1) is 11.8 Å². The predicted octanol–water partition coefficient (Wildman–Crippen LogP) is 3.53. The summed E-state index contributed by atoms with van der Waals surface area (Å²) in [5.41, 5.74) is 0.368. The second-order valence-corrected chi connectivity index (χ2v) is 10.9. The van der Waals surface area contributed by atoms with E-state index in [0.29, 0.717) is 30.0 Å². The molecule has 0 unspecified atom stereocenters. The lowest BCUT2D eigenvalue weighted by molar-refractivity contribution is -0.0523. The minimum atomic E-state index is -3.62. The SMILES string of the molecule is CCCC[C@@H]1[C@H]2CCCN3CCC[C@@H](CN1S(=O)(=O)c1ccc(C(=O)OC)cc1)[C@@H]23. The van der Waals surface area contributed by atoms with Crippen LogP contribution in [0.15, 0.2) is 29.2 Å². The van der Waals surface area contributed by atoms with E-state index in [2.05, 4.69) is 11.8 Å². The van der Waals surface area contributed by atoms with E-state index >= 15 is 0 Å². The van der Waals surface area contributed by atoms with Gasteiger partial charge in [-0.25, -0.2) is 13.2 Å². The smallest absolute Gasteiger partial charge is 0.337 e. The van der Waals surface area contributed by atoms with Gasteiger partial charge in [-0.3, -0.25) is 4.90 Å². The molecule has 4 atom stereocenters. The molecule has 0 N–H and O–H groups in total. The zero-order valence-electron chi connectivity index (χ0n) is 18.1. The molecule has 0 saturated carbocycles. The van der Waals surface area contributed by atoms with Crippen LogP contribution < -0.4 is 0 Å². The van der Waals surface area contributed by atoms with Crippen molar-refractivity contribution < 1.29 is 17.9 Å². The number of benzene rings is 1. The van der Waals surface area contributed by atoms with Gasteiger partial charge in [0.05, 0.1) is 17.6 Å². The quantitative estimate of drug-likeness (QED) is 0.641. The average Bonchev–Trinajstić information content (AvgIpc) is 2.78. The van der Waals surface area contributed by atoms with E-state index in [1.807, 2.05) is 4.31 Å². The lowest BCUT2D eigenvalue weighted by Gasteiger charge is -2.57. The number of rotatable bonds is 6. The van der Waals surface area contributed by atoms with Crippen LogP contribution in [0.25, 0.3) is 0 Å². The molecule has 166 valence electrons. The van der Waals surface area contributed by atoms with Crippen molar-refractivity contribution in [2.24, 2.45) is 11.8 Å². The normalized spacial score (nSPS) is 29.9. The standard InChI is InChI=1S/C23H34N2O4S/c1-3-4-9-21-20-8-6-15-24-14-5-7-18(22(20)24)16-25(21)30(27,28)19-12-10-17(11-13-19)23(26)29-2/h10-13,18,20-22H,3-9,14-16H2,1-2H3/t18-,20+,21+,22-/m0/s1. The number of carbonyl (C=O) groups excluding carboxylic acids is 1. The summed E-state index contributed by atoms with van der Waals surface area (Å²) in [6, 6.07) is 6.82. The number of hydrogen-bond acceptors (Lipinski definition) is 5. The van der Waals surface area contributed by atoms with Crippen LogP contribution in [-0.2, 0) is 14.8 Å². The first-order valence-corrected chi connectivity index (χ1v) is 12.9. The Morgan fingerprint density at radius 2 is 1.83 bits per heavy atom. The van der Waals surface area contributed by atoms with Gasteiger partial charge in [0, 0.05) is 18.6 Å². The first-order chi connectivity index (χ1) is 14.5. The number of sulfonamides is 1. The van der Waals surface area contributed by atoms with Crippen molar-refractivity contribution in [3.8, 4) is 0 Å². The maximum atomic E-state index is 13.7. The van der Waals surface area contributed by atoms with E-state index < -0.39 is 16.0 Å². The number of carbonyl (C=O) groups is 1. The first kappa shape index (κ1) is 21.8. The van der Waals surface area contributed by atoms with Crippen LogP contribution in [0.2, 0.25) is 0 Å². The Labute approximate surface area is 180 Å². The lowest BCUT2D eigenvalue weighted by Crippen LogP contribution is -2.65. The molecule has 4 rings (SSSR count). The van der Waals surface area contributed by atoms with Crippen molar-refractivity contribution >= 4 is 16.0 Å². The van der Waals surface area contributed by atoms with Crippen molar-refractivity contribution in [1.82, 2.24) is 9.21 Å². The van der Waals surface area contributed by atoms with Gasteiger partial charge >= 0.3 is 5.97 Å². The number of methoxy groups -OCH3 is 1. The molecule has 0 radical (unpaired) electrons. The third-order valence-electron chi connectivity index (χ3n) is 7.36. The Bertz CT molecular complexity index is 852. The van der Waals surface area contributed by atoms with E-state index in [1.54, 1.807) is 24.3 Å². The zero-order chi connectivity index (χ0) is 21.3. The van der Waals surface area contributed by atoms with Crippen molar-refractivity contribution in [1.29, 1.82) is 0 Å². The average molecular weight is 435 g/mol. The highest BCUT2D eigenvalue weighted by Gasteiger charge is 2.51. The number of esters is 1. The van der Waals surface area contributed by atoms with Crippen LogP contribution in [0.5, 0.6) is 0 Å². The van der Waals surface area contributed by atoms with Crippen LogP contribution in [-0.4, -0.2) is 62.4 Å². The first-order valence-electron chi connectivity index (χ1n) is 11.4. The second kappa shape index (κ2) is 8.97. The van der Waals surface area contributed by atoms with Gasteiger partial charge in [0.1, 0.15) is 0 Å². The number of unbranched alkanes of at least 4 members (excludes halogenated alkanes) is 1. The van der Waals surface area contributed by atoms with Crippen molar-refractivity contribution in [2.45, 2.75) is 68.8 Å². The summed E-state index contributed by atoms with van der Waals surface area (Å²) in [6.07, 6.45) is 7.62. The summed E-state index contributed by atoms with van der Waals surface area (Å²) >= 11 is 0. The summed E-state index contributed by atoms with van der Waals surface area (Å²) in [4.78, 5) is 14.7. The largest absolute Gasteiger partial charge is 0.465 e. The molecule has 3 aliphatic rings. The Morgan fingerprint density at radius 3 is 2.50 bits per heavy atom. The number of piperidine rings is 3. The molecule has 0 aliphatic carbocycles. The third kappa shape index (κ3) is 3.92. The summed E-state index contributed by atoms with van der Waals surface area (Å²) < 4.78 is 34.1. The molecule has 7 heteroatoms. The monoisotopic (exact) mass is 434 g/mol. The van der Waals surface area contributed by atoms with Crippen LogP contribution in [0.1, 0.15) is 62.2 Å². The predicted molar refractivity (Wildman–Crippen MR) is 116 cm³/mol. The molecule has 0 bridgehead atoms. The molecule has 3 saturated heterocycles. The third-order valence-corrected chi connectivity index (χ3v) is 9.27. The van der Waals surface area contributed by atoms with E-state index in [0.717, 1.165) is 44.9 Å². The van der Waals surface area contributed by atoms with Crippen LogP contribution in [0.3, 0.4) is 0 Å². The molecule has 3 heterocycles. The Kier molecular flexibility index (Phi) is 6.51. The second-order valence-electron chi connectivity index (χ2n) is 9.04. The molecule has 0 spiro atoms. The Balaban J connectivity index is 1.66. The molecular weight excluding hydrogens is 400 g/mol. The van der Waals surface area contributed by atoms with Crippen LogP contribution >= 0.6 is 0 Å². The highest BCUT2D eigenvalue weighted by molar-refractivity contribution is 7.89. The molecule has 1 aromatic carbocycles. The van der Waals surface area contributed by atoms with E-state index in [4.69, 9.17) is 4.74 Å². The summed E-state index contributed by atoms with van der Waals surface area (Å²) in [6.45, 7) is 5.12. The van der Waals surface area contributed by atoms with Gasteiger partial charge in [-0.15, -0.1) is 0 Å². The molecular formula is C23H34N2O4S. The number of nitrogens with zero attached hydrogens (tertiary/aromatic N) is 2. The van der Waals surface area contributed by atoms with Gasteiger partial charge in [-0.2, -0.15) is 4.31 Å². The minimum absolute atomic E-state index is 0.0670. The maximum absolute atomic E-state index is 13.7. The highest BCUT2D eigenvalue weighted by atomic mass is 32.2. The molecule has 0 amide bonds. The van der Waals surface area contributed by atoms with Gasteiger partial charge in [0.2, 0.25) is 10.0 Å². The fraction of sp³-hybridized carbons (Fsp3) is 0.696. The van der Waals surface area contributed by atoms with E-state index in [-0.39, 0.29) is 10.9 Å². The molecule has 3 fully saturated rings. The molecule has 0 aromatic heterocycles. The Hall–Kier alpha value is -1.44. The maximum Gasteiger partial charge on any atom is 0.337 e.